The van der Waals surface area contributed by atoms with Gasteiger partial charge in [0.2, 0.25) is 0 Å². The van der Waals surface area contributed by atoms with E-state index in [2.05, 4.69) is 42.5 Å². The van der Waals surface area contributed by atoms with Crippen LogP contribution in [0.5, 0.6) is 5.75 Å². The molecule has 0 saturated heterocycles. The molecule has 2 nitrogen and oxygen atoms in total. The molecule has 0 N–H and O–H groups in total. The Kier molecular flexibility index (Phi) is 4.28. The molecule has 1 saturated carbocycles. The Morgan fingerprint density at radius 2 is 1.45 bits per heavy atom. The van der Waals surface area contributed by atoms with E-state index >= 15 is 0 Å². The van der Waals surface area contributed by atoms with Crippen LogP contribution in [-0.4, -0.2) is 5.97 Å². The lowest BCUT2D eigenvalue weighted by Gasteiger charge is -2.38. The van der Waals surface area contributed by atoms with Crippen molar-refractivity contribution in [3.8, 4) is 5.75 Å². The Hall–Kier alpha value is -2.09. The minimum absolute atomic E-state index is 0.105. The van der Waals surface area contributed by atoms with E-state index < -0.39 is 0 Å². The molecule has 0 aliphatic heterocycles. The first kappa shape index (κ1) is 14.8. The standard InChI is InChI=1S/C20H22O2/c1-16(21)22-19-12-10-18(11-13-19)20(14-6-3-7-15-20)17-8-4-2-5-9-17/h2,4-5,8-13H,3,6-7,14-15H2,1H3. The van der Waals surface area contributed by atoms with E-state index in [9.17, 15) is 4.79 Å². The van der Waals surface area contributed by atoms with Gasteiger partial charge in [-0.1, -0.05) is 61.7 Å². The van der Waals surface area contributed by atoms with Crippen LogP contribution in [0.3, 0.4) is 0 Å². The van der Waals surface area contributed by atoms with Crippen molar-refractivity contribution < 1.29 is 9.53 Å². The number of benzene rings is 2. The number of rotatable bonds is 3. The predicted octanol–water partition coefficient (Wildman–Crippen LogP) is 4.86. The quantitative estimate of drug-likeness (QED) is 0.597. The third kappa shape index (κ3) is 2.92. The van der Waals surface area contributed by atoms with Gasteiger partial charge in [0, 0.05) is 12.3 Å². The molecule has 1 aliphatic carbocycles. The molecular formula is C20H22O2. The van der Waals surface area contributed by atoms with Crippen molar-refractivity contribution in [2.45, 2.75) is 44.4 Å². The Bertz CT molecular complexity index is 623. The van der Waals surface area contributed by atoms with Gasteiger partial charge in [-0.15, -0.1) is 0 Å². The fourth-order valence-electron chi connectivity index (χ4n) is 3.66. The maximum Gasteiger partial charge on any atom is 0.308 e. The summed E-state index contributed by atoms with van der Waals surface area (Å²) >= 11 is 0. The summed E-state index contributed by atoms with van der Waals surface area (Å²) in [5.41, 5.74) is 2.83. The van der Waals surface area contributed by atoms with Gasteiger partial charge in [0.25, 0.3) is 0 Å². The molecule has 0 radical (unpaired) electrons. The van der Waals surface area contributed by atoms with Crippen LogP contribution in [0.2, 0.25) is 0 Å². The Labute approximate surface area is 132 Å². The van der Waals surface area contributed by atoms with E-state index in [1.54, 1.807) is 0 Å². The van der Waals surface area contributed by atoms with Crippen LogP contribution in [0.1, 0.15) is 50.2 Å². The van der Waals surface area contributed by atoms with E-state index in [-0.39, 0.29) is 11.4 Å². The highest BCUT2D eigenvalue weighted by Crippen LogP contribution is 2.45. The molecule has 2 heteroatoms. The zero-order chi connectivity index (χ0) is 15.4. The van der Waals surface area contributed by atoms with Crippen LogP contribution in [0.25, 0.3) is 0 Å². The van der Waals surface area contributed by atoms with Gasteiger partial charge in [0.05, 0.1) is 0 Å². The highest BCUT2D eigenvalue weighted by Gasteiger charge is 2.35. The number of carbonyl (C=O) groups excluding carboxylic acids is 1. The van der Waals surface area contributed by atoms with Crippen molar-refractivity contribution in [2.24, 2.45) is 0 Å². The van der Waals surface area contributed by atoms with E-state index in [4.69, 9.17) is 4.74 Å². The summed E-state index contributed by atoms with van der Waals surface area (Å²) in [4.78, 5) is 11.1. The molecule has 0 aromatic heterocycles. The van der Waals surface area contributed by atoms with Crippen molar-refractivity contribution in [3.63, 3.8) is 0 Å². The van der Waals surface area contributed by atoms with Crippen LogP contribution in [0, 0.1) is 0 Å². The Balaban J connectivity index is 1.98. The molecule has 2 aromatic rings. The maximum absolute atomic E-state index is 11.1. The topological polar surface area (TPSA) is 26.3 Å². The van der Waals surface area contributed by atoms with Crippen molar-refractivity contribution >= 4 is 5.97 Å². The summed E-state index contributed by atoms with van der Waals surface area (Å²) < 4.78 is 5.16. The second-order valence-corrected chi connectivity index (χ2v) is 6.13. The zero-order valence-corrected chi connectivity index (χ0v) is 13.0. The van der Waals surface area contributed by atoms with Gasteiger partial charge in [-0.3, -0.25) is 4.79 Å². The number of esters is 1. The first-order valence-corrected chi connectivity index (χ1v) is 8.05. The van der Waals surface area contributed by atoms with Crippen molar-refractivity contribution in [1.29, 1.82) is 0 Å². The van der Waals surface area contributed by atoms with Crippen LogP contribution in [-0.2, 0) is 10.2 Å². The van der Waals surface area contributed by atoms with Gasteiger partial charge in [-0.05, 0) is 36.1 Å². The predicted molar refractivity (Wildman–Crippen MR) is 88.1 cm³/mol. The summed E-state index contributed by atoms with van der Waals surface area (Å²) in [5.74, 6) is 0.346. The molecule has 0 spiro atoms. The van der Waals surface area contributed by atoms with E-state index in [0.717, 1.165) is 0 Å². The summed E-state index contributed by atoms with van der Waals surface area (Å²) in [6, 6.07) is 18.9. The monoisotopic (exact) mass is 294 g/mol. The normalized spacial score (nSPS) is 17.0. The Morgan fingerprint density at radius 1 is 0.864 bits per heavy atom. The van der Waals surface area contributed by atoms with Gasteiger partial charge >= 0.3 is 5.97 Å². The third-order valence-electron chi connectivity index (χ3n) is 4.70. The molecule has 0 heterocycles. The second-order valence-electron chi connectivity index (χ2n) is 6.13. The number of hydrogen-bond acceptors (Lipinski definition) is 2. The highest BCUT2D eigenvalue weighted by atomic mass is 16.5. The molecule has 22 heavy (non-hydrogen) atoms. The summed E-state index contributed by atoms with van der Waals surface area (Å²) in [6.45, 7) is 1.43. The molecule has 2 aromatic carbocycles. The van der Waals surface area contributed by atoms with Gasteiger partial charge in [0.15, 0.2) is 0 Å². The largest absolute Gasteiger partial charge is 0.427 e. The Morgan fingerprint density at radius 3 is 2.05 bits per heavy atom. The molecule has 114 valence electrons. The molecule has 3 rings (SSSR count). The highest BCUT2D eigenvalue weighted by molar-refractivity contribution is 5.69. The molecule has 0 bridgehead atoms. The minimum atomic E-state index is -0.275. The van der Waals surface area contributed by atoms with Gasteiger partial charge in [-0.25, -0.2) is 0 Å². The molecule has 0 amide bonds. The van der Waals surface area contributed by atoms with E-state index in [0.29, 0.717) is 5.75 Å². The van der Waals surface area contributed by atoms with Gasteiger partial charge in [0.1, 0.15) is 5.75 Å². The summed E-state index contributed by atoms with van der Waals surface area (Å²) in [6.07, 6.45) is 6.22. The fraction of sp³-hybridized carbons (Fsp3) is 0.350. The lowest BCUT2D eigenvalue weighted by atomic mass is 9.65. The lowest BCUT2D eigenvalue weighted by molar-refractivity contribution is -0.131. The van der Waals surface area contributed by atoms with Crippen LogP contribution >= 0.6 is 0 Å². The average Bonchev–Trinajstić information content (AvgIpc) is 2.56. The summed E-state index contributed by atoms with van der Waals surface area (Å²) in [5, 5.41) is 0. The molecular weight excluding hydrogens is 272 g/mol. The first-order chi connectivity index (χ1) is 10.7. The van der Waals surface area contributed by atoms with Crippen LogP contribution in [0.15, 0.2) is 54.6 Å². The SMILES string of the molecule is CC(=O)Oc1ccc(C2(c3ccccc3)CCCCC2)cc1. The number of ether oxygens (including phenoxy) is 1. The molecule has 1 aliphatic rings. The van der Waals surface area contributed by atoms with Crippen molar-refractivity contribution in [3.05, 3.63) is 65.7 Å². The fourth-order valence-corrected chi connectivity index (χ4v) is 3.66. The summed E-state index contributed by atoms with van der Waals surface area (Å²) in [7, 11) is 0. The maximum atomic E-state index is 11.1. The van der Waals surface area contributed by atoms with Gasteiger partial charge < -0.3 is 4.74 Å². The molecule has 1 fully saturated rings. The number of hydrogen-bond donors (Lipinski definition) is 0. The molecule has 0 unspecified atom stereocenters. The van der Waals surface area contributed by atoms with Gasteiger partial charge in [-0.2, -0.15) is 0 Å². The van der Waals surface area contributed by atoms with Crippen LogP contribution in [0.4, 0.5) is 0 Å². The van der Waals surface area contributed by atoms with E-state index in [1.807, 2.05) is 12.1 Å². The lowest BCUT2D eigenvalue weighted by Crippen LogP contribution is -2.30. The van der Waals surface area contributed by atoms with Crippen molar-refractivity contribution in [2.75, 3.05) is 0 Å². The van der Waals surface area contributed by atoms with Crippen LogP contribution < -0.4 is 4.74 Å². The molecule has 0 atom stereocenters. The minimum Gasteiger partial charge on any atom is -0.427 e. The number of carbonyl (C=O) groups is 1. The van der Waals surface area contributed by atoms with Crippen molar-refractivity contribution in [1.82, 2.24) is 0 Å². The third-order valence-corrected chi connectivity index (χ3v) is 4.70. The smallest absolute Gasteiger partial charge is 0.308 e. The second kappa shape index (κ2) is 6.35. The first-order valence-electron chi connectivity index (χ1n) is 8.05. The zero-order valence-electron chi connectivity index (χ0n) is 13.0. The van der Waals surface area contributed by atoms with E-state index in [1.165, 1.54) is 50.2 Å². The average molecular weight is 294 g/mol.